The predicted molar refractivity (Wildman–Crippen MR) is 206 cm³/mol. The van der Waals surface area contributed by atoms with E-state index in [-0.39, 0.29) is 12.5 Å². The van der Waals surface area contributed by atoms with Crippen LogP contribution >= 0.6 is 0 Å². The summed E-state index contributed by atoms with van der Waals surface area (Å²) in [5.41, 5.74) is 0. The fourth-order valence-corrected chi connectivity index (χ4v) is 4.70. The van der Waals surface area contributed by atoms with Crippen LogP contribution in [0.1, 0.15) is 136 Å². The molecule has 0 spiro atoms. The largest absolute Gasteiger partial charge is 0.394 e. The normalized spacial score (nSPS) is 14.4. The standard InChI is InChI=1S/C43H69NO3/c1-3-5-7-9-10-11-12-13-14-15-16-17-18-19-20-21-22-23-24-25-26-27-28-29-30-31-32-33-34-35-37-39-43(47)44-41(40-45)42(46)38-36-8-6-4-2/h5,7,10-11,13-14,16-17,19-20,22-23,25-26,28-29,31-32,41-42,45-46H,3-4,6,8-9,12,15,18,21,24,27,30,33-40H2,1-2H3,(H,44,47)/b7-5-,11-10-,14-13-,17-16-,20-19-,23-22-,26-25-,29-28-,32-31-. The van der Waals surface area contributed by atoms with Crippen molar-refractivity contribution in [1.29, 1.82) is 0 Å². The first kappa shape index (κ1) is 44.0. The number of carbonyl (C=O) groups excluding carboxylic acids is 1. The minimum atomic E-state index is -0.677. The molecule has 0 bridgehead atoms. The zero-order valence-electron chi connectivity index (χ0n) is 30.0. The van der Waals surface area contributed by atoms with Gasteiger partial charge in [0, 0.05) is 6.42 Å². The number of carbonyl (C=O) groups is 1. The molecule has 4 heteroatoms. The lowest BCUT2D eigenvalue weighted by atomic mass is 10.0. The molecule has 0 radical (unpaired) electrons. The highest BCUT2D eigenvalue weighted by Crippen LogP contribution is 2.10. The molecule has 4 nitrogen and oxygen atoms in total. The first-order chi connectivity index (χ1) is 23.2. The highest BCUT2D eigenvalue weighted by atomic mass is 16.3. The Balaban J connectivity index is 3.70. The zero-order valence-corrected chi connectivity index (χ0v) is 30.0. The average Bonchev–Trinajstić information content (AvgIpc) is 3.08. The molecule has 1 amide bonds. The van der Waals surface area contributed by atoms with Crippen molar-refractivity contribution in [1.82, 2.24) is 5.32 Å². The number of rotatable bonds is 31. The second-order valence-corrected chi connectivity index (χ2v) is 11.9. The van der Waals surface area contributed by atoms with Crippen molar-refractivity contribution in [3.8, 4) is 0 Å². The van der Waals surface area contributed by atoms with E-state index in [0.29, 0.717) is 12.8 Å². The first-order valence-corrected chi connectivity index (χ1v) is 18.6. The summed E-state index contributed by atoms with van der Waals surface area (Å²) in [6.07, 6.45) is 57.6. The van der Waals surface area contributed by atoms with Crippen molar-refractivity contribution in [2.24, 2.45) is 0 Å². The van der Waals surface area contributed by atoms with Crippen LogP contribution in [-0.4, -0.2) is 34.9 Å². The second kappa shape index (κ2) is 37.5. The number of aliphatic hydroxyl groups is 2. The maximum Gasteiger partial charge on any atom is 0.220 e. The fourth-order valence-electron chi connectivity index (χ4n) is 4.70. The van der Waals surface area contributed by atoms with E-state index >= 15 is 0 Å². The smallest absolute Gasteiger partial charge is 0.220 e. The van der Waals surface area contributed by atoms with Crippen molar-refractivity contribution in [2.45, 2.75) is 148 Å². The molecule has 0 aromatic heterocycles. The molecular formula is C43H69NO3. The second-order valence-electron chi connectivity index (χ2n) is 11.9. The molecule has 0 fully saturated rings. The number of nitrogens with one attached hydrogen (secondary N) is 1. The van der Waals surface area contributed by atoms with Gasteiger partial charge in [0.2, 0.25) is 5.91 Å². The van der Waals surface area contributed by atoms with E-state index in [1.54, 1.807) is 0 Å². The maximum atomic E-state index is 12.2. The molecule has 0 aromatic carbocycles. The molecule has 0 aliphatic carbocycles. The van der Waals surface area contributed by atoms with E-state index in [4.69, 9.17) is 0 Å². The third kappa shape index (κ3) is 34.2. The summed E-state index contributed by atoms with van der Waals surface area (Å²) >= 11 is 0. The van der Waals surface area contributed by atoms with Crippen molar-refractivity contribution >= 4 is 5.91 Å². The van der Waals surface area contributed by atoms with E-state index in [1.807, 2.05) is 0 Å². The Morgan fingerprint density at radius 2 is 0.936 bits per heavy atom. The number of aliphatic hydroxyl groups excluding tert-OH is 2. The number of unbranched alkanes of at least 4 members (excludes halogenated alkanes) is 6. The van der Waals surface area contributed by atoms with Crippen LogP contribution < -0.4 is 5.32 Å². The van der Waals surface area contributed by atoms with Gasteiger partial charge in [-0.15, -0.1) is 0 Å². The van der Waals surface area contributed by atoms with E-state index in [9.17, 15) is 15.0 Å². The van der Waals surface area contributed by atoms with E-state index in [1.165, 1.54) is 0 Å². The van der Waals surface area contributed by atoms with E-state index in [2.05, 4.69) is 129 Å². The van der Waals surface area contributed by atoms with Gasteiger partial charge in [0.05, 0.1) is 18.8 Å². The summed E-state index contributed by atoms with van der Waals surface area (Å²) in [5, 5.41) is 22.6. The Morgan fingerprint density at radius 3 is 1.34 bits per heavy atom. The van der Waals surface area contributed by atoms with Crippen molar-refractivity contribution in [3.63, 3.8) is 0 Å². The molecule has 264 valence electrons. The van der Waals surface area contributed by atoms with Crippen LogP contribution in [0.4, 0.5) is 0 Å². The van der Waals surface area contributed by atoms with Gasteiger partial charge < -0.3 is 15.5 Å². The topological polar surface area (TPSA) is 69.6 Å². The van der Waals surface area contributed by atoms with Gasteiger partial charge in [-0.05, 0) is 83.5 Å². The molecule has 0 aliphatic rings. The molecule has 3 N–H and O–H groups in total. The number of amides is 1. The quantitative estimate of drug-likeness (QED) is 0.0518. The average molecular weight is 648 g/mol. The Bertz CT molecular complexity index is 964. The van der Waals surface area contributed by atoms with Gasteiger partial charge >= 0.3 is 0 Å². The lowest BCUT2D eigenvalue weighted by molar-refractivity contribution is -0.123. The van der Waals surface area contributed by atoms with Crippen LogP contribution in [0.25, 0.3) is 0 Å². The van der Waals surface area contributed by atoms with E-state index in [0.717, 1.165) is 109 Å². The molecule has 0 heterocycles. The van der Waals surface area contributed by atoms with Gasteiger partial charge in [-0.2, -0.15) is 0 Å². The molecule has 2 unspecified atom stereocenters. The minimum Gasteiger partial charge on any atom is -0.394 e. The van der Waals surface area contributed by atoms with Gasteiger partial charge in [0.15, 0.2) is 0 Å². The molecule has 47 heavy (non-hydrogen) atoms. The van der Waals surface area contributed by atoms with Gasteiger partial charge in [-0.25, -0.2) is 0 Å². The van der Waals surface area contributed by atoms with Crippen LogP contribution in [0.5, 0.6) is 0 Å². The molecule has 0 aromatic rings. The SMILES string of the molecule is CC/C=C\C/C=C\C/C=C\C/C=C\C/C=C\C/C=C\C/C=C\C/C=C\C/C=C\CCCCCC(=O)NC(CO)C(O)CCCCCC. The Labute approximate surface area is 289 Å². The Kier molecular flexibility index (Phi) is 35.2. The summed E-state index contributed by atoms with van der Waals surface area (Å²) in [6, 6.07) is -0.557. The third-order valence-electron chi connectivity index (χ3n) is 7.55. The molecule has 0 saturated heterocycles. The van der Waals surface area contributed by atoms with Crippen LogP contribution in [0.3, 0.4) is 0 Å². The monoisotopic (exact) mass is 648 g/mol. The lowest BCUT2D eigenvalue weighted by Gasteiger charge is -2.22. The van der Waals surface area contributed by atoms with E-state index < -0.39 is 12.1 Å². The van der Waals surface area contributed by atoms with Crippen molar-refractivity contribution < 1.29 is 15.0 Å². The summed E-state index contributed by atoms with van der Waals surface area (Å²) in [6.45, 7) is 4.09. The molecule has 0 aliphatic heterocycles. The summed E-state index contributed by atoms with van der Waals surface area (Å²) in [5.74, 6) is -0.0799. The fraction of sp³-hybridized carbons (Fsp3) is 0.558. The van der Waals surface area contributed by atoms with Crippen molar-refractivity contribution in [3.05, 3.63) is 109 Å². The predicted octanol–water partition coefficient (Wildman–Crippen LogP) is 11.3. The zero-order chi connectivity index (χ0) is 34.3. The molecule has 0 saturated carbocycles. The van der Waals surface area contributed by atoms with Crippen LogP contribution in [0, 0.1) is 0 Å². The van der Waals surface area contributed by atoms with Gasteiger partial charge in [-0.1, -0.05) is 155 Å². The van der Waals surface area contributed by atoms with Crippen molar-refractivity contribution in [2.75, 3.05) is 6.61 Å². The van der Waals surface area contributed by atoms with Crippen LogP contribution in [-0.2, 0) is 4.79 Å². The van der Waals surface area contributed by atoms with Crippen LogP contribution in [0.15, 0.2) is 109 Å². The summed E-state index contributed by atoms with van der Waals surface area (Å²) in [7, 11) is 0. The number of hydrogen-bond donors (Lipinski definition) is 3. The number of allylic oxidation sites excluding steroid dienone is 18. The Hall–Kier alpha value is -2.95. The van der Waals surface area contributed by atoms with Crippen LogP contribution in [0.2, 0.25) is 0 Å². The molecular weight excluding hydrogens is 578 g/mol. The van der Waals surface area contributed by atoms with Gasteiger partial charge in [-0.3, -0.25) is 4.79 Å². The lowest BCUT2D eigenvalue weighted by Crippen LogP contribution is -2.45. The minimum absolute atomic E-state index is 0.0799. The van der Waals surface area contributed by atoms with Gasteiger partial charge in [0.25, 0.3) is 0 Å². The summed E-state index contributed by atoms with van der Waals surface area (Å²) in [4.78, 5) is 12.2. The Morgan fingerprint density at radius 1 is 0.532 bits per heavy atom. The third-order valence-corrected chi connectivity index (χ3v) is 7.55. The molecule has 2 atom stereocenters. The number of hydrogen-bond acceptors (Lipinski definition) is 3. The summed E-state index contributed by atoms with van der Waals surface area (Å²) < 4.78 is 0. The highest BCUT2D eigenvalue weighted by Gasteiger charge is 2.19. The maximum absolute atomic E-state index is 12.2. The highest BCUT2D eigenvalue weighted by molar-refractivity contribution is 5.76. The van der Waals surface area contributed by atoms with Gasteiger partial charge in [0.1, 0.15) is 0 Å². The first-order valence-electron chi connectivity index (χ1n) is 18.6. The molecule has 0 rings (SSSR count).